The standard InChI is InChI=1S/C31H36N2O5/c1-31(2,3)30(35)33-16-15-21-11-12-23(18-26(21)28(33)22-8-5-4-6-9-22)37-20-25-13-14-27(38-25)29(34)32-19-24-10-7-17-36-24/h4-6,8-9,11-14,18,24,28H,7,10,15-17,19-20H2,1-3H3,(H,32,34)/t24-,28-/m0/s1. The van der Waals surface area contributed by atoms with Crippen molar-refractivity contribution in [2.75, 3.05) is 19.7 Å². The van der Waals surface area contributed by atoms with E-state index in [-0.39, 0.29) is 36.3 Å². The highest BCUT2D eigenvalue weighted by molar-refractivity contribution is 5.91. The minimum absolute atomic E-state index is 0.0788. The lowest BCUT2D eigenvalue weighted by molar-refractivity contribution is -0.141. The molecule has 5 rings (SSSR count). The fourth-order valence-electron chi connectivity index (χ4n) is 5.16. The molecule has 2 aliphatic heterocycles. The van der Waals surface area contributed by atoms with Crippen LogP contribution in [0.2, 0.25) is 0 Å². The largest absolute Gasteiger partial charge is 0.486 e. The van der Waals surface area contributed by atoms with Gasteiger partial charge in [0.05, 0.1) is 12.1 Å². The fourth-order valence-corrected chi connectivity index (χ4v) is 5.16. The Hall–Kier alpha value is -3.58. The summed E-state index contributed by atoms with van der Waals surface area (Å²) in [6, 6.07) is 19.5. The van der Waals surface area contributed by atoms with Crippen molar-refractivity contribution < 1.29 is 23.5 Å². The molecule has 38 heavy (non-hydrogen) atoms. The van der Waals surface area contributed by atoms with Gasteiger partial charge in [-0.15, -0.1) is 0 Å². The van der Waals surface area contributed by atoms with Gasteiger partial charge in [-0.1, -0.05) is 57.2 Å². The number of nitrogens with zero attached hydrogens (tertiary/aromatic N) is 1. The van der Waals surface area contributed by atoms with Gasteiger partial charge in [0.15, 0.2) is 5.76 Å². The molecular formula is C31H36N2O5. The van der Waals surface area contributed by atoms with Crippen LogP contribution in [0, 0.1) is 5.41 Å². The lowest BCUT2D eigenvalue weighted by Gasteiger charge is -2.41. The number of hydrogen-bond donors (Lipinski definition) is 1. The van der Waals surface area contributed by atoms with Crippen molar-refractivity contribution in [2.24, 2.45) is 5.41 Å². The molecule has 2 atom stereocenters. The molecule has 0 radical (unpaired) electrons. The SMILES string of the molecule is CC(C)(C)C(=O)N1CCc2ccc(OCc3ccc(C(=O)NC[C@@H]4CCCO4)o3)cc2[C@@H]1c1ccccc1. The van der Waals surface area contributed by atoms with Crippen LogP contribution < -0.4 is 10.1 Å². The molecule has 1 saturated heterocycles. The molecule has 0 spiro atoms. The predicted molar refractivity (Wildman–Crippen MR) is 144 cm³/mol. The number of furan rings is 1. The molecule has 0 bridgehead atoms. The number of rotatable bonds is 7. The van der Waals surface area contributed by atoms with E-state index in [1.165, 1.54) is 5.56 Å². The molecule has 1 aromatic heterocycles. The van der Waals surface area contributed by atoms with E-state index in [1.807, 2.05) is 56.0 Å². The van der Waals surface area contributed by atoms with Crippen molar-refractivity contribution >= 4 is 11.8 Å². The zero-order valence-corrected chi connectivity index (χ0v) is 22.4. The van der Waals surface area contributed by atoms with Crippen LogP contribution in [0.3, 0.4) is 0 Å². The highest BCUT2D eigenvalue weighted by Gasteiger charge is 2.37. The molecule has 7 nitrogen and oxygen atoms in total. The van der Waals surface area contributed by atoms with Crippen molar-refractivity contribution in [1.82, 2.24) is 10.2 Å². The number of ether oxygens (including phenoxy) is 2. The summed E-state index contributed by atoms with van der Waals surface area (Å²) < 4.78 is 17.4. The van der Waals surface area contributed by atoms with E-state index >= 15 is 0 Å². The fraction of sp³-hybridized carbons (Fsp3) is 0.419. The van der Waals surface area contributed by atoms with Gasteiger partial charge in [-0.2, -0.15) is 0 Å². The quantitative estimate of drug-likeness (QED) is 0.462. The molecule has 2 amide bonds. The predicted octanol–water partition coefficient (Wildman–Crippen LogP) is 5.29. The second-order valence-corrected chi connectivity index (χ2v) is 11.1. The summed E-state index contributed by atoms with van der Waals surface area (Å²) in [6.07, 6.45) is 2.87. The van der Waals surface area contributed by atoms with E-state index in [0.29, 0.717) is 24.6 Å². The smallest absolute Gasteiger partial charge is 0.287 e. The zero-order chi connectivity index (χ0) is 26.7. The third-order valence-corrected chi connectivity index (χ3v) is 7.14. The summed E-state index contributed by atoms with van der Waals surface area (Å²) in [4.78, 5) is 27.9. The normalized spacial score (nSPS) is 19.2. The molecule has 3 aromatic rings. The van der Waals surface area contributed by atoms with Gasteiger partial charge in [-0.3, -0.25) is 9.59 Å². The molecule has 0 unspecified atom stereocenters. The Bertz CT molecular complexity index is 1270. The highest BCUT2D eigenvalue weighted by atomic mass is 16.5. The summed E-state index contributed by atoms with van der Waals surface area (Å²) in [5.74, 6) is 1.39. The third-order valence-electron chi connectivity index (χ3n) is 7.14. The zero-order valence-electron chi connectivity index (χ0n) is 22.4. The molecule has 0 saturated carbocycles. The number of nitrogens with one attached hydrogen (secondary N) is 1. The summed E-state index contributed by atoms with van der Waals surface area (Å²) >= 11 is 0. The third kappa shape index (κ3) is 5.78. The molecule has 1 fully saturated rings. The Morgan fingerprint density at radius 3 is 2.63 bits per heavy atom. The van der Waals surface area contributed by atoms with Gasteiger partial charge in [0.1, 0.15) is 18.1 Å². The summed E-state index contributed by atoms with van der Waals surface area (Å²) in [6.45, 7) is 8.00. The maximum Gasteiger partial charge on any atom is 0.287 e. The van der Waals surface area contributed by atoms with Crippen LogP contribution in [-0.4, -0.2) is 42.5 Å². The minimum Gasteiger partial charge on any atom is -0.486 e. The van der Waals surface area contributed by atoms with Gasteiger partial charge in [0.25, 0.3) is 5.91 Å². The van der Waals surface area contributed by atoms with Crippen LogP contribution in [0.5, 0.6) is 5.75 Å². The average molecular weight is 517 g/mol. The maximum absolute atomic E-state index is 13.4. The Morgan fingerprint density at radius 1 is 1.08 bits per heavy atom. The van der Waals surface area contributed by atoms with Gasteiger partial charge >= 0.3 is 0 Å². The first-order valence-corrected chi connectivity index (χ1v) is 13.4. The van der Waals surface area contributed by atoms with Crippen molar-refractivity contribution in [2.45, 2.75) is 58.8 Å². The minimum atomic E-state index is -0.480. The molecular weight excluding hydrogens is 480 g/mol. The van der Waals surface area contributed by atoms with Crippen LogP contribution in [-0.2, 0) is 22.6 Å². The van der Waals surface area contributed by atoms with Gasteiger partial charge in [-0.05, 0) is 60.2 Å². The Kier molecular flexibility index (Phi) is 7.56. The van der Waals surface area contributed by atoms with Crippen molar-refractivity contribution in [1.29, 1.82) is 0 Å². The molecule has 1 N–H and O–H groups in total. The van der Waals surface area contributed by atoms with Gasteiger partial charge in [0, 0.05) is 25.1 Å². The van der Waals surface area contributed by atoms with Crippen LogP contribution in [0.1, 0.15) is 72.7 Å². The van der Waals surface area contributed by atoms with Gasteiger partial charge in [-0.25, -0.2) is 0 Å². The lowest BCUT2D eigenvalue weighted by Crippen LogP contribution is -2.45. The average Bonchev–Trinajstić information content (AvgIpc) is 3.62. The Morgan fingerprint density at radius 2 is 1.89 bits per heavy atom. The number of hydrogen-bond acceptors (Lipinski definition) is 5. The number of carbonyl (C=O) groups excluding carboxylic acids is 2. The first kappa shape index (κ1) is 26.0. The number of amides is 2. The molecule has 2 aliphatic rings. The maximum atomic E-state index is 13.4. The first-order valence-electron chi connectivity index (χ1n) is 13.4. The van der Waals surface area contributed by atoms with Crippen molar-refractivity contribution in [3.63, 3.8) is 0 Å². The summed E-state index contributed by atoms with van der Waals surface area (Å²) in [5.41, 5.74) is 2.89. The number of carbonyl (C=O) groups is 2. The van der Waals surface area contributed by atoms with Crippen LogP contribution in [0.15, 0.2) is 65.1 Å². The Balaban J connectivity index is 1.30. The van der Waals surface area contributed by atoms with Crippen molar-refractivity contribution in [3.8, 4) is 5.75 Å². The van der Waals surface area contributed by atoms with Crippen molar-refractivity contribution in [3.05, 3.63) is 88.9 Å². The summed E-state index contributed by atoms with van der Waals surface area (Å²) in [7, 11) is 0. The van der Waals surface area contributed by atoms with Gasteiger partial charge in [0.2, 0.25) is 5.91 Å². The molecule has 200 valence electrons. The van der Waals surface area contributed by atoms with Gasteiger partial charge < -0.3 is 24.1 Å². The number of benzene rings is 2. The molecule has 2 aromatic carbocycles. The van der Waals surface area contributed by atoms with Crippen LogP contribution in [0.4, 0.5) is 0 Å². The highest BCUT2D eigenvalue weighted by Crippen LogP contribution is 2.39. The topological polar surface area (TPSA) is 81.0 Å². The Labute approximate surface area is 224 Å². The monoisotopic (exact) mass is 516 g/mol. The van der Waals surface area contributed by atoms with Crippen LogP contribution in [0.25, 0.3) is 0 Å². The van der Waals surface area contributed by atoms with E-state index < -0.39 is 5.41 Å². The summed E-state index contributed by atoms with van der Waals surface area (Å²) in [5, 5.41) is 2.88. The van der Waals surface area contributed by atoms with E-state index in [4.69, 9.17) is 13.9 Å². The molecule has 0 aliphatic carbocycles. The molecule has 7 heteroatoms. The van der Waals surface area contributed by atoms with E-state index in [2.05, 4.69) is 23.5 Å². The van der Waals surface area contributed by atoms with E-state index in [0.717, 1.165) is 37.0 Å². The molecule has 3 heterocycles. The first-order chi connectivity index (χ1) is 18.3. The van der Waals surface area contributed by atoms with Crippen LogP contribution >= 0.6 is 0 Å². The van der Waals surface area contributed by atoms with E-state index in [9.17, 15) is 9.59 Å². The number of fused-ring (bicyclic) bond motifs is 1. The lowest BCUT2D eigenvalue weighted by atomic mass is 9.85. The second-order valence-electron chi connectivity index (χ2n) is 11.1. The second kappa shape index (κ2) is 11.0. The van der Waals surface area contributed by atoms with E-state index in [1.54, 1.807) is 12.1 Å².